The quantitative estimate of drug-likeness (QED) is 0.762. The Labute approximate surface area is 116 Å². The second-order valence-electron chi connectivity index (χ2n) is 5.28. The standard InChI is InChI=1S/C11H22N2O3.2CH4.3H/c1-11(2,3)16-10(15)13-5-4-8(6-12)9(14)7-13;;;;;/h8-9,14H,4-7,12H2,1-3H3;2*1H4;;;/q;;;3*-1/t8-,9+;;;;;/m0...../s1. The number of carbonyl (C=O) groups excluding carboxylic acids is 1. The zero-order valence-corrected chi connectivity index (χ0v) is 10.3. The highest BCUT2D eigenvalue weighted by Crippen LogP contribution is 2.19. The number of aliphatic hydroxyl groups excluding tert-OH is 1. The van der Waals surface area contributed by atoms with Crippen LogP contribution >= 0.6 is 0 Å². The number of piperidine rings is 1. The summed E-state index contributed by atoms with van der Waals surface area (Å²) in [4.78, 5) is 13.3. The molecule has 1 aliphatic heterocycles. The van der Waals surface area contributed by atoms with E-state index in [4.69, 9.17) is 10.5 Å². The molecule has 0 saturated carbocycles. The van der Waals surface area contributed by atoms with Crippen molar-refractivity contribution in [2.45, 2.75) is 53.8 Å². The average molecular weight is 265 g/mol. The van der Waals surface area contributed by atoms with Crippen molar-refractivity contribution in [3.8, 4) is 0 Å². The summed E-state index contributed by atoms with van der Waals surface area (Å²) in [5.41, 5.74) is 5.03. The summed E-state index contributed by atoms with van der Waals surface area (Å²) in [6.07, 6.45) is -0.162. The molecule has 1 saturated heterocycles. The number of amides is 1. The molecule has 18 heavy (non-hydrogen) atoms. The lowest BCUT2D eigenvalue weighted by atomic mass is 9.94. The van der Waals surface area contributed by atoms with Crippen LogP contribution in [-0.4, -0.2) is 47.4 Å². The van der Waals surface area contributed by atoms with Crippen LogP contribution in [0.3, 0.4) is 0 Å². The van der Waals surface area contributed by atoms with Crippen LogP contribution in [0.2, 0.25) is 0 Å². The number of carbonyl (C=O) groups is 1. The first kappa shape index (κ1) is 19.5. The molecule has 0 radical (unpaired) electrons. The summed E-state index contributed by atoms with van der Waals surface area (Å²) in [6, 6.07) is 0. The van der Waals surface area contributed by atoms with Crippen molar-refractivity contribution >= 4 is 6.09 Å². The molecule has 0 aromatic rings. The molecule has 0 aliphatic carbocycles. The van der Waals surface area contributed by atoms with Crippen molar-refractivity contribution in [2.24, 2.45) is 11.7 Å². The predicted molar refractivity (Wildman–Crippen MR) is 77.8 cm³/mol. The maximum absolute atomic E-state index is 11.7. The van der Waals surface area contributed by atoms with Gasteiger partial charge in [0.2, 0.25) is 0 Å². The average Bonchev–Trinajstić information content (AvgIpc) is 2.15. The number of β-amino-alcohol motifs (C(OH)–C–C–N with tert-alkyl or cyclic N) is 1. The van der Waals surface area contributed by atoms with Crippen molar-refractivity contribution in [2.75, 3.05) is 19.6 Å². The Hall–Kier alpha value is -0.810. The summed E-state index contributed by atoms with van der Waals surface area (Å²) >= 11 is 0. The van der Waals surface area contributed by atoms with Gasteiger partial charge in [-0.25, -0.2) is 4.79 Å². The van der Waals surface area contributed by atoms with Crippen LogP contribution in [-0.2, 0) is 4.74 Å². The van der Waals surface area contributed by atoms with E-state index in [2.05, 4.69) is 0 Å². The van der Waals surface area contributed by atoms with Gasteiger partial charge >= 0.3 is 6.09 Å². The Balaban J connectivity index is -0.000000171. The molecule has 116 valence electrons. The van der Waals surface area contributed by atoms with Gasteiger partial charge < -0.3 is 24.8 Å². The van der Waals surface area contributed by atoms with E-state index in [1.54, 1.807) is 4.90 Å². The highest BCUT2D eigenvalue weighted by Gasteiger charge is 2.31. The summed E-state index contributed by atoms with van der Waals surface area (Å²) in [5, 5.41) is 9.76. The van der Waals surface area contributed by atoms with Crippen LogP contribution in [0.15, 0.2) is 0 Å². The Kier molecular flexibility index (Phi) is 8.23. The summed E-state index contributed by atoms with van der Waals surface area (Å²) < 4.78 is 5.24. The van der Waals surface area contributed by atoms with Crippen molar-refractivity contribution in [1.82, 2.24) is 4.90 Å². The molecular weight excluding hydrogens is 232 g/mol. The number of likely N-dealkylation sites (tertiary alicyclic amines) is 1. The number of ether oxygens (including phenoxy) is 1. The van der Waals surface area contributed by atoms with E-state index < -0.39 is 11.7 Å². The van der Waals surface area contributed by atoms with Gasteiger partial charge in [0.25, 0.3) is 0 Å². The van der Waals surface area contributed by atoms with E-state index in [1.165, 1.54) is 0 Å². The molecule has 2 atom stereocenters. The molecule has 1 rings (SSSR count). The summed E-state index contributed by atoms with van der Waals surface area (Å²) in [6.45, 7) is 6.86. The van der Waals surface area contributed by atoms with Gasteiger partial charge in [-0.15, -0.1) is 0 Å². The van der Waals surface area contributed by atoms with E-state index in [0.717, 1.165) is 6.42 Å². The lowest BCUT2D eigenvalue weighted by Gasteiger charge is -2.36. The molecule has 5 nitrogen and oxygen atoms in total. The van der Waals surface area contributed by atoms with E-state index >= 15 is 0 Å². The first-order chi connectivity index (χ1) is 7.33. The Bertz CT molecular complexity index is 264. The van der Waals surface area contributed by atoms with Gasteiger partial charge in [0.1, 0.15) is 5.60 Å². The van der Waals surface area contributed by atoms with Crippen LogP contribution in [0.5, 0.6) is 0 Å². The molecule has 0 spiro atoms. The predicted octanol–water partition coefficient (Wildman–Crippen LogP) is 2.17. The molecule has 1 heterocycles. The lowest BCUT2D eigenvalue weighted by molar-refractivity contribution is -0.0110. The van der Waals surface area contributed by atoms with Gasteiger partial charge in [-0.2, -0.15) is 0 Å². The third-order valence-electron chi connectivity index (χ3n) is 2.68. The minimum Gasteiger partial charge on any atom is -1.00 e. The van der Waals surface area contributed by atoms with Crippen LogP contribution in [0.4, 0.5) is 4.79 Å². The monoisotopic (exact) mass is 265 g/mol. The SMILES string of the molecule is C.C.CC(C)(C)OC(=O)N1CC[C@@H](CN)[C@H](O)C1.[H-].[H-].[H-]. The second-order valence-corrected chi connectivity index (χ2v) is 5.28. The molecule has 0 aromatic carbocycles. The number of hydrogen-bond acceptors (Lipinski definition) is 4. The molecule has 0 bridgehead atoms. The maximum atomic E-state index is 11.7. The number of nitrogens with zero attached hydrogens (tertiary/aromatic N) is 1. The topological polar surface area (TPSA) is 75.8 Å². The minimum atomic E-state index is -0.536. The van der Waals surface area contributed by atoms with Gasteiger partial charge in [-0.05, 0) is 33.7 Å². The van der Waals surface area contributed by atoms with Gasteiger partial charge in [-0.1, -0.05) is 14.9 Å². The van der Waals surface area contributed by atoms with E-state index in [-0.39, 0.29) is 31.1 Å². The minimum absolute atomic E-state index is 0. The second kappa shape index (κ2) is 7.59. The van der Waals surface area contributed by atoms with Gasteiger partial charge in [-0.3, -0.25) is 0 Å². The molecule has 1 aliphatic rings. The first-order valence-corrected chi connectivity index (χ1v) is 5.69. The highest BCUT2D eigenvalue weighted by molar-refractivity contribution is 5.68. The van der Waals surface area contributed by atoms with Gasteiger partial charge in [0, 0.05) is 12.5 Å². The smallest absolute Gasteiger partial charge is 0.410 e. The molecule has 3 N–H and O–H groups in total. The Morgan fingerprint density at radius 3 is 2.44 bits per heavy atom. The molecule has 1 amide bonds. The highest BCUT2D eigenvalue weighted by atomic mass is 16.6. The Morgan fingerprint density at radius 1 is 1.50 bits per heavy atom. The molecule has 1 fully saturated rings. The molecule has 5 heteroatoms. The van der Waals surface area contributed by atoms with Gasteiger partial charge in [0.15, 0.2) is 0 Å². The van der Waals surface area contributed by atoms with Gasteiger partial charge in [0.05, 0.1) is 12.6 Å². The number of aliphatic hydroxyl groups is 1. The van der Waals surface area contributed by atoms with Crippen LogP contribution in [0.1, 0.15) is 46.3 Å². The van der Waals surface area contributed by atoms with E-state index in [9.17, 15) is 9.90 Å². The fourth-order valence-electron chi connectivity index (χ4n) is 1.75. The van der Waals surface area contributed by atoms with Crippen molar-refractivity contribution in [3.63, 3.8) is 0 Å². The fourth-order valence-corrected chi connectivity index (χ4v) is 1.75. The fraction of sp³-hybridized carbons (Fsp3) is 0.923. The third-order valence-corrected chi connectivity index (χ3v) is 2.68. The molecular formula is C13H33N2O3-3. The van der Waals surface area contributed by atoms with E-state index in [0.29, 0.717) is 19.6 Å². The largest absolute Gasteiger partial charge is 1.00 e. The van der Waals surface area contributed by atoms with Crippen LogP contribution in [0.25, 0.3) is 0 Å². The zero-order valence-electron chi connectivity index (χ0n) is 13.3. The van der Waals surface area contributed by atoms with Crippen LogP contribution in [0, 0.1) is 5.92 Å². The van der Waals surface area contributed by atoms with E-state index in [1.807, 2.05) is 20.8 Å². The van der Waals surface area contributed by atoms with Crippen molar-refractivity contribution < 1.29 is 18.9 Å². The van der Waals surface area contributed by atoms with Crippen molar-refractivity contribution in [1.29, 1.82) is 0 Å². The van der Waals surface area contributed by atoms with Crippen LogP contribution < -0.4 is 5.73 Å². The molecule has 0 unspecified atom stereocenters. The number of nitrogens with two attached hydrogens (primary N) is 1. The maximum Gasteiger partial charge on any atom is 0.410 e. The number of hydrogen-bond donors (Lipinski definition) is 2. The summed E-state index contributed by atoms with van der Waals surface area (Å²) in [5.74, 6) is 0.0960. The lowest BCUT2D eigenvalue weighted by Crippen LogP contribution is -2.49. The normalized spacial score (nSPS) is 23.7. The first-order valence-electron chi connectivity index (χ1n) is 5.69. The molecule has 0 aromatic heterocycles. The van der Waals surface area contributed by atoms with Crippen molar-refractivity contribution in [3.05, 3.63) is 0 Å². The Morgan fingerprint density at radius 2 is 2.06 bits per heavy atom. The number of rotatable bonds is 1. The summed E-state index contributed by atoms with van der Waals surface area (Å²) in [7, 11) is 0. The third kappa shape index (κ3) is 5.69. The zero-order chi connectivity index (χ0) is 12.3.